The number of aromatic nitrogens is 1. The Kier molecular flexibility index (Phi) is 6.68. The molecule has 0 radical (unpaired) electrons. The van der Waals surface area contributed by atoms with E-state index < -0.39 is 0 Å². The van der Waals surface area contributed by atoms with Gasteiger partial charge in [-0.3, -0.25) is 4.79 Å². The van der Waals surface area contributed by atoms with Crippen LogP contribution in [0.3, 0.4) is 0 Å². The minimum Gasteiger partial charge on any atom is -0.497 e. The molecule has 0 unspecified atom stereocenters. The van der Waals surface area contributed by atoms with Crippen LogP contribution in [0.5, 0.6) is 5.75 Å². The maximum Gasteiger partial charge on any atom is 0.255 e. The summed E-state index contributed by atoms with van der Waals surface area (Å²) in [4.78, 5) is 19.2. The number of anilines is 4. The Morgan fingerprint density at radius 2 is 1.76 bits per heavy atom. The first-order valence-corrected chi connectivity index (χ1v) is 9.66. The van der Waals surface area contributed by atoms with E-state index in [1.54, 1.807) is 31.5 Å². The van der Waals surface area contributed by atoms with Crippen LogP contribution in [0.2, 0.25) is 0 Å². The van der Waals surface area contributed by atoms with Gasteiger partial charge in [0.1, 0.15) is 11.6 Å². The molecular formula is C23H26N4O2. The van der Waals surface area contributed by atoms with Crippen molar-refractivity contribution in [1.82, 2.24) is 4.98 Å². The van der Waals surface area contributed by atoms with Gasteiger partial charge in [-0.2, -0.15) is 0 Å². The minimum absolute atomic E-state index is 0.208. The molecule has 0 aliphatic carbocycles. The summed E-state index contributed by atoms with van der Waals surface area (Å²) in [5.74, 6) is 1.09. The molecule has 0 bridgehead atoms. The third-order valence-corrected chi connectivity index (χ3v) is 4.62. The van der Waals surface area contributed by atoms with Crippen molar-refractivity contribution in [2.24, 2.45) is 0 Å². The number of ether oxygens (including phenoxy) is 1. The Morgan fingerprint density at radius 3 is 2.45 bits per heavy atom. The van der Waals surface area contributed by atoms with Crippen molar-refractivity contribution >= 4 is 28.8 Å². The van der Waals surface area contributed by atoms with Crippen molar-refractivity contribution < 1.29 is 9.53 Å². The number of rotatable bonds is 8. The molecule has 0 saturated heterocycles. The molecule has 2 aromatic carbocycles. The fourth-order valence-electron chi connectivity index (χ4n) is 3.04. The van der Waals surface area contributed by atoms with Crippen molar-refractivity contribution in [2.75, 3.05) is 35.7 Å². The summed E-state index contributed by atoms with van der Waals surface area (Å²) in [5, 5.41) is 6.13. The predicted molar refractivity (Wildman–Crippen MR) is 118 cm³/mol. The van der Waals surface area contributed by atoms with E-state index in [1.807, 2.05) is 30.3 Å². The Bertz CT molecular complexity index is 953. The SMILES string of the molecule is CCN(CC)c1ccc(Nc2cc(C(=O)Nc3cccc(OC)c3)ccn2)cc1. The molecule has 0 fully saturated rings. The van der Waals surface area contributed by atoms with E-state index in [0.717, 1.165) is 18.8 Å². The lowest BCUT2D eigenvalue weighted by Crippen LogP contribution is -2.21. The number of benzene rings is 2. The van der Waals surface area contributed by atoms with Gasteiger partial charge < -0.3 is 20.3 Å². The van der Waals surface area contributed by atoms with Crippen LogP contribution in [0, 0.1) is 0 Å². The highest BCUT2D eigenvalue weighted by atomic mass is 16.5. The zero-order valence-electron chi connectivity index (χ0n) is 17.0. The average Bonchev–Trinajstić information content (AvgIpc) is 2.76. The van der Waals surface area contributed by atoms with Crippen LogP contribution in [0.25, 0.3) is 0 Å². The molecule has 2 N–H and O–H groups in total. The van der Waals surface area contributed by atoms with Gasteiger partial charge in [-0.15, -0.1) is 0 Å². The molecule has 0 atom stereocenters. The molecule has 0 saturated carbocycles. The Labute approximate surface area is 171 Å². The molecule has 6 heteroatoms. The van der Waals surface area contributed by atoms with E-state index in [1.165, 1.54) is 5.69 Å². The monoisotopic (exact) mass is 390 g/mol. The normalized spacial score (nSPS) is 10.3. The van der Waals surface area contributed by atoms with Crippen LogP contribution in [0.15, 0.2) is 66.9 Å². The summed E-state index contributed by atoms with van der Waals surface area (Å²) in [5.41, 5.74) is 3.29. The molecule has 6 nitrogen and oxygen atoms in total. The maximum atomic E-state index is 12.6. The van der Waals surface area contributed by atoms with Crippen molar-refractivity contribution in [1.29, 1.82) is 0 Å². The lowest BCUT2D eigenvalue weighted by atomic mass is 10.2. The molecule has 3 aromatic rings. The third-order valence-electron chi connectivity index (χ3n) is 4.62. The highest BCUT2D eigenvalue weighted by Gasteiger charge is 2.09. The second-order valence-corrected chi connectivity index (χ2v) is 6.46. The molecule has 1 amide bonds. The smallest absolute Gasteiger partial charge is 0.255 e. The standard InChI is InChI=1S/C23H26N4O2/c1-4-27(5-2)20-11-9-18(10-12-20)25-22-15-17(13-14-24-22)23(28)26-19-7-6-8-21(16-19)29-3/h6-16H,4-5H2,1-3H3,(H,24,25)(H,26,28). The second-order valence-electron chi connectivity index (χ2n) is 6.46. The number of pyridine rings is 1. The van der Waals surface area contributed by atoms with Crippen LogP contribution in [-0.4, -0.2) is 31.1 Å². The van der Waals surface area contributed by atoms with Gasteiger partial charge in [0.25, 0.3) is 5.91 Å². The maximum absolute atomic E-state index is 12.6. The summed E-state index contributed by atoms with van der Waals surface area (Å²) in [6.45, 7) is 6.22. The summed E-state index contributed by atoms with van der Waals surface area (Å²) >= 11 is 0. The van der Waals surface area contributed by atoms with Gasteiger partial charge in [-0.05, 0) is 62.4 Å². The molecular weight excluding hydrogens is 364 g/mol. The largest absolute Gasteiger partial charge is 0.497 e. The summed E-state index contributed by atoms with van der Waals surface area (Å²) in [6.07, 6.45) is 1.62. The summed E-state index contributed by atoms with van der Waals surface area (Å²) < 4.78 is 5.19. The lowest BCUT2D eigenvalue weighted by molar-refractivity contribution is 0.102. The number of hydrogen-bond acceptors (Lipinski definition) is 5. The lowest BCUT2D eigenvalue weighted by Gasteiger charge is -2.21. The van der Waals surface area contributed by atoms with Gasteiger partial charge in [0.05, 0.1) is 7.11 Å². The number of methoxy groups -OCH3 is 1. The Balaban J connectivity index is 1.69. The number of amides is 1. The Hall–Kier alpha value is -3.54. The first-order valence-electron chi connectivity index (χ1n) is 9.66. The fourth-order valence-corrected chi connectivity index (χ4v) is 3.04. The first kappa shape index (κ1) is 20.2. The fraction of sp³-hybridized carbons (Fsp3) is 0.217. The highest BCUT2D eigenvalue weighted by molar-refractivity contribution is 6.04. The van der Waals surface area contributed by atoms with Crippen LogP contribution >= 0.6 is 0 Å². The van der Waals surface area contributed by atoms with E-state index in [9.17, 15) is 4.79 Å². The molecule has 0 spiro atoms. The topological polar surface area (TPSA) is 66.5 Å². The summed E-state index contributed by atoms with van der Waals surface area (Å²) in [6, 6.07) is 18.8. The zero-order valence-corrected chi connectivity index (χ0v) is 17.0. The van der Waals surface area contributed by atoms with Crippen LogP contribution in [-0.2, 0) is 0 Å². The van der Waals surface area contributed by atoms with Gasteiger partial charge in [0.2, 0.25) is 0 Å². The molecule has 3 rings (SSSR count). The molecule has 29 heavy (non-hydrogen) atoms. The molecule has 1 aromatic heterocycles. The highest BCUT2D eigenvalue weighted by Crippen LogP contribution is 2.21. The van der Waals surface area contributed by atoms with Gasteiger partial charge in [0.15, 0.2) is 0 Å². The van der Waals surface area contributed by atoms with E-state index in [2.05, 4.69) is 46.5 Å². The van der Waals surface area contributed by atoms with Crippen molar-refractivity contribution in [3.05, 3.63) is 72.4 Å². The van der Waals surface area contributed by atoms with E-state index in [4.69, 9.17) is 4.74 Å². The molecule has 0 aliphatic heterocycles. The van der Waals surface area contributed by atoms with Crippen LogP contribution < -0.4 is 20.3 Å². The van der Waals surface area contributed by atoms with E-state index >= 15 is 0 Å². The zero-order chi connectivity index (χ0) is 20.6. The number of carbonyl (C=O) groups excluding carboxylic acids is 1. The number of nitrogens with one attached hydrogen (secondary N) is 2. The second kappa shape index (κ2) is 9.59. The third kappa shape index (κ3) is 5.25. The van der Waals surface area contributed by atoms with E-state index in [0.29, 0.717) is 22.8 Å². The van der Waals surface area contributed by atoms with Gasteiger partial charge in [0, 0.05) is 48.0 Å². The van der Waals surface area contributed by atoms with Gasteiger partial charge >= 0.3 is 0 Å². The molecule has 150 valence electrons. The molecule has 0 aliphatic rings. The van der Waals surface area contributed by atoms with Crippen molar-refractivity contribution in [3.63, 3.8) is 0 Å². The number of carbonyl (C=O) groups is 1. The van der Waals surface area contributed by atoms with Gasteiger partial charge in [-0.1, -0.05) is 6.07 Å². The van der Waals surface area contributed by atoms with E-state index in [-0.39, 0.29) is 5.91 Å². The molecule has 1 heterocycles. The average molecular weight is 390 g/mol. The number of nitrogens with zero attached hydrogens (tertiary/aromatic N) is 2. The first-order chi connectivity index (χ1) is 14.1. The minimum atomic E-state index is -0.208. The van der Waals surface area contributed by atoms with Crippen molar-refractivity contribution in [3.8, 4) is 5.75 Å². The summed E-state index contributed by atoms with van der Waals surface area (Å²) in [7, 11) is 1.59. The predicted octanol–water partition coefficient (Wildman–Crippen LogP) is 4.93. The van der Waals surface area contributed by atoms with Gasteiger partial charge in [-0.25, -0.2) is 4.98 Å². The quantitative estimate of drug-likeness (QED) is 0.571. The van der Waals surface area contributed by atoms with Crippen LogP contribution in [0.1, 0.15) is 24.2 Å². The van der Waals surface area contributed by atoms with Crippen LogP contribution in [0.4, 0.5) is 22.9 Å². The number of hydrogen-bond donors (Lipinski definition) is 2. The Morgan fingerprint density at radius 1 is 1.00 bits per heavy atom. The van der Waals surface area contributed by atoms with Crippen molar-refractivity contribution in [2.45, 2.75) is 13.8 Å².